The molecule has 6 nitrogen and oxygen atoms in total. The summed E-state index contributed by atoms with van der Waals surface area (Å²) >= 11 is 0. The molecule has 1 N–H and O–H groups in total. The first kappa shape index (κ1) is 16.1. The molecule has 4 rings (SSSR count). The maximum Gasteiger partial charge on any atom is 0.325 e. The van der Waals surface area contributed by atoms with Crippen LogP contribution in [0.25, 0.3) is 5.69 Å². The second-order valence-corrected chi connectivity index (χ2v) is 6.23. The van der Waals surface area contributed by atoms with Crippen molar-refractivity contribution >= 4 is 11.9 Å². The van der Waals surface area contributed by atoms with Crippen LogP contribution in [0.4, 0.5) is 4.79 Å². The average Bonchev–Trinajstić information content (AvgIpc) is 3.28. The van der Waals surface area contributed by atoms with Crippen molar-refractivity contribution < 1.29 is 9.59 Å². The molecule has 0 unspecified atom stereocenters. The van der Waals surface area contributed by atoms with Crippen LogP contribution >= 0.6 is 0 Å². The van der Waals surface area contributed by atoms with Gasteiger partial charge >= 0.3 is 6.03 Å². The average molecular weight is 346 g/mol. The standard InChI is InChI=1S/C20H18N4O2/c25-19-18(13-15-5-2-1-3-6-15)22-20(26)23(19)14-16-7-9-17(10-8-16)24-12-4-11-21-24/h1-12,18H,13-14H2,(H,22,26)/t18-/m0/s1. The third kappa shape index (κ3) is 3.21. The molecule has 1 aromatic heterocycles. The lowest BCUT2D eigenvalue weighted by molar-refractivity contribution is -0.127. The Kier molecular flexibility index (Phi) is 4.23. The molecule has 130 valence electrons. The highest BCUT2D eigenvalue weighted by Crippen LogP contribution is 2.16. The van der Waals surface area contributed by atoms with Gasteiger partial charge in [-0.05, 0) is 29.3 Å². The van der Waals surface area contributed by atoms with Crippen molar-refractivity contribution in [1.29, 1.82) is 0 Å². The molecule has 1 atom stereocenters. The molecule has 6 heteroatoms. The SMILES string of the molecule is O=C1N[C@@H](Cc2ccccc2)C(=O)N1Cc1ccc(-n2cccn2)cc1. The van der Waals surface area contributed by atoms with Crippen LogP contribution in [0, 0.1) is 0 Å². The lowest BCUT2D eigenvalue weighted by Gasteiger charge is -2.13. The highest BCUT2D eigenvalue weighted by molar-refractivity contribution is 6.04. The van der Waals surface area contributed by atoms with Crippen molar-refractivity contribution in [2.45, 2.75) is 19.0 Å². The fourth-order valence-electron chi connectivity index (χ4n) is 3.07. The number of hydrogen-bond acceptors (Lipinski definition) is 3. The Hall–Kier alpha value is -3.41. The predicted octanol–water partition coefficient (Wildman–Crippen LogP) is 2.54. The second-order valence-electron chi connectivity index (χ2n) is 6.23. The van der Waals surface area contributed by atoms with Crippen LogP contribution in [0.2, 0.25) is 0 Å². The minimum absolute atomic E-state index is 0.185. The zero-order chi connectivity index (χ0) is 17.9. The Bertz CT molecular complexity index is 905. The Labute approximate surface area is 151 Å². The van der Waals surface area contributed by atoms with Crippen LogP contribution in [-0.4, -0.2) is 32.7 Å². The van der Waals surface area contributed by atoms with E-state index in [1.807, 2.05) is 66.9 Å². The molecule has 0 bridgehead atoms. The molecular formula is C20H18N4O2. The zero-order valence-corrected chi connectivity index (χ0v) is 14.1. The molecule has 1 fully saturated rings. The number of nitrogens with one attached hydrogen (secondary N) is 1. The van der Waals surface area contributed by atoms with E-state index < -0.39 is 6.04 Å². The summed E-state index contributed by atoms with van der Waals surface area (Å²) in [6.45, 7) is 0.259. The van der Waals surface area contributed by atoms with E-state index in [-0.39, 0.29) is 18.5 Å². The van der Waals surface area contributed by atoms with E-state index >= 15 is 0 Å². The number of urea groups is 1. The van der Waals surface area contributed by atoms with Gasteiger partial charge in [-0.25, -0.2) is 9.48 Å². The van der Waals surface area contributed by atoms with Gasteiger partial charge in [0, 0.05) is 18.8 Å². The largest absolute Gasteiger partial charge is 0.325 e. The summed E-state index contributed by atoms with van der Waals surface area (Å²) in [6.07, 6.45) is 4.08. The fourth-order valence-corrected chi connectivity index (χ4v) is 3.07. The number of aromatic nitrogens is 2. The van der Waals surface area contributed by atoms with Crippen molar-refractivity contribution in [3.63, 3.8) is 0 Å². The van der Waals surface area contributed by atoms with Crippen LogP contribution < -0.4 is 5.32 Å². The molecule has 0 radical (unpaired) electrons. The zero-order valence-electron chi connectivity index (χ0n) is 14.1. The van der Waals surface area contributed by atoms with Crippen LogP contribution in [0.5, 0.6) is 0 Å². The van der Waals surface area contributed by atoms with E-state index in [0.29, 0.717) is 6.42 Å². The van der Waals surface area contributed by atoms with Gasteiger partial charge in [-0.15, -0.1) is 0 Å². The van der Waals surface area contributed by atoms with Gasteiger partial charge in [0.2, 0.25) is 0 Å². The number of rotatable bonds is 5. The third-order valence-corrected chi connectivity index (χ3v) is 4.44. The highest BCUT2D eigenvalue weighted by atomic mass is 16.2. The minimum Gasteiger partial charge on any atom is -0.325 e. The van der Waals surface area contributed by atoms with E-state index in [2.05, 4.69) is 10.4 Å². The second kappa shape index (κ2) is 6.84. The molecule has 2 heterocycles. The van der Waals surface area contributed by atoms with Crippen molar-refractivity contribution in [3.05, 3.63) is 84.2 Å². The van der Waals surface area contributed by atoms with Gasteiger partial charge in [-0.2, -0.15) is 5.10 Å². The molecule has 1 saturated heterocycles. The molecule has 3 aromatic rings. The Morgan fingerprint density at radius 2 is 1.69 bits per heavy atom. The Balaban J connectivity index is 1.44. The van der Waals surface area contributed by atoms with Crippen molar-refractivity contribution in [3.8, 4) is 5.69 Å². The molecule has 3 amide bonds. The summed E-state index contributed by atoms with van der Waals surface area (Å²) in [6, 6.07) is 18.3. The van der Waals surface area contributed by atoms with E-state index in [0.717, 1.165) is 16.8 Å². The number of amides is 3. The summed E-state index contributed by atoms with van der Waals surface area (Å²) in [5.41, 5.74) is 2.85. The van der Waals surface area contributed by atoms with Crippen LogP contribution in [-0.2, 0) is 17.8 Å². The van der Waals surface area contributed by atoms with E-state index in [9.17, 15) is 9.59 Å². The van der Waals surface area contributed by atoms with Crippen molar-refractivity contribution in [2.75, 3.05) is 0 Å². The summed E-state index contributed by atoms with van der Waals surface area (Å²) < 4.78 is 1.76. The Morgan fingerprint density at radius 1 is 0.923 bits per heavy atom. The number of benzene rings is 2. The summed E-state index contributed by atoms with van der Waals surface area (Å²) in [5, 5.41) is 6.96. The molecule has 2 aromatic carbocycles. The normalized spacial score (nSPS) is 16.8. The maximum absolute atomic E-state index is 12.6. The van der Waals surface area contributed by atoms with Crippen molar-refractivity contribution in [1.82, 2.24) is 20.0 Å². The number of imide groups is 1. The first-order valence-electron chi connectivity index (χ1n) is 8.45. The lowest BCUT2D eigenvalue weighted by atomic mass is 10.1. The molecule has 26 heavy (non-hydrogen) atoms. The summed E-state index contributed by atoms with van der Waals surface area (Å²) in [5.74, 6) is -0.185. The first-order chi connectivity index (χ1) is 12.7. The van der Waals surface area contributed by atoms with E-state index in [4.69, 9.17) is 0 Å². The molecule has 0 spiro atoms. The summed E-state index contributed by atoms with van der Waals surface area (Å²) in [7, 11) is 0. The third-order valence-electron chi connectivity index (χ3n) is 4.44. The topological polar surface area (TPSA) is 67.2 Å². The van der Waals surface area contributed by atoms with Gasteiger partial charge in [0.05, 0.1) is 12.2 Å². The van der Waals surface area contributed by atoms with E-state index in [1.54, 1.807) is 10.9 Å². The predicted molar refractivity (Wildman–Crippen MR) is 96.6 cm³/mol. The minimum atomic E-state index is -0.506. The molecule has 1 aliphatic heterocycles. The monoisotopic (exact) mass is 346 g/mol. The number of hydrogen-bond donors (Lipinski definition) is 1. The molecular weight excluding hydrogens is 328 g/mol. The van der Waals surface area contributed by atoms with Gasteiger partial charge in [-0.1, -0.05) is 42.5 Å². The molecule has 1 aliphatic rings. The van der Waals surface area contributed by atoms with Gasteiger partial charge in [-0.3, -0.25) is 9.69 Å². The highest BCUT2D eigenvalue weighted by Gasteiger charge is 2.37. The maximum atomic E-state index is 12.6. The number of nitrogens with zero attached hydrogens (tertiary/aromatic N) is 3. The van der Waals surface area contributed by atoms with Crippen molar-refractivity contribution in [2.24, 2.45) is 0 Å². The van der Waals surface area contributed by atoms with Gasteiger partial charge < -0.3 is 5.32 Å². The van der Waals surface area contributed by atoms with Gasteiger partial charge in [0.1, 0.15) is 6.04 Å². The molecule has 0 saturated carbocycles. The summed E-state index contributed by atoms with van der Waals surface area (Å²) in [4.78, 5) is 26.1. The number of carbonyl (C=O) groups excluding carboxylic acids is 2. The van der Waals surface area contributed by atoms with Crippen LogP contribution in [0.15, 0.2) is 73.1 Å². The Morgan fingerprint density at radius 3 is 2.38 bits per heavy atom. The fraction of sp³-hybridized carbons (Fsp3) is 0.150. The quantitative estimate of drug-likeness (QED) is 0.722. The van der Waals surface area contributed by atoms with Crippen LogP contribution in [0.1, 0.15) is 11.1 Å². The van der Waals surface area contributed by atoms with Crippen LogP contribution in [0.3, 0.4) is 0 Å². The number of carbonyl (C=O) groups is 2. The van der Waals surface area contributed by atoms with Gasteiger partial charge in [0.15, 0.2) is 0 Å². The lowest BCUT2D eigenvalue weighted by Crippen LogP contribution is -2.32. The van der Waals surface area contributed by atoms with Gasteiger partial charge in [0.25, 0.3) is 5.91 Å². The smallest absolute Gasteiger partial charge is 0.325 e. The first-order valence-corrected chi connectivity index (χ1v) is 8.45. The molecule has 0 aliphatic carbocycles. The van der Waals surface area contributed by atoms with E-state index in [1.165, 1.54) is 4.90 Å².